The van der Waals surface area contributed by atoms with Crippen LogP contribution in [-0.2, 0) is 11.2 Å². The zero-order valence-corrected chi connectivity index (χ0v) is 10.6. The van der Waals surface area contributed by atoms with Gasteiger partial charge in [-0.15, -0.1) is 0 Å². The number of nitrogens with one attached hydrogen (secondary N) is 1. The predicted octanol–water partition coefficient (Wildman–Crippen LogP) is 2.81. The van der Waals surface area contributed by atoms with Gasteiger partial charge in [-0.3, -0.25) is 4.79 Å². The molecule has 1 amide bonds. The molecule has 1 N–H and O–H groups in total. The number of aryl methyl sites for hydroxylation is 1. The minimum Gasteiger partial charge on any atom is -0.439 e. The quantitative estimate of drug-likeness (QED) is 0.856. The second-order valence-electron chi connectivity index (χ2n) is 4.15. The second-order valence-corrected chi connectivity index (χ2v) is 4.54. The maximum absolute atomic E-state index is 11.3. The van der Waals surface area contributed by atoms with E-state index in [9.17, 15) is 4.79 Å². The summed E-state index contributed by atoms with van der Waals surface area (Å²) in [6.07, 6.45) is 2.55. The number of fused-ring (bicyclic) bond motifs is 1. The Hall–Kier alpha value is -2.14. The van der Waals surface area contributed by atoms with Gasteiger partial charge in [-0.25, -0.2) is 9.97 Å². The lowest BCUT2D eigenvalue weighted by Gasteiger charge is -2.17. The van der Waals surface area contributed by atoms with Gasteiger partial charge < -0.3 is 10.1 Å². The van der Waals surface area contributed by atoms with Crippen molar-refractivity contribution < 1.29 is 9.53 Å². The molecule has 0 spiro atoms. The largest absolute Gasteiger partial charge is 0.439 e. The van der Waals surface area contributed by atoms with Gasteiger partial charge in [0, 0.05) is 18.2 Å². The van der Waals surface area contributed by atoms with Gasteiger partial charge >= 0.3 is 0 Å². The molecule has 1 aromatic carbocycles. The van der Waals surface area contributed by atoms with Crippen molar-refractivity contribution in [2.24, 2.45) is 0 Å². The molecule has 2 heterocycles. The van der Waals surface area contributed by atoms with Gasteiger partial charge in [0.05, 0.1) is 0 Å². The predicted molar refractivity (Wildman–Crippen MR) is 70.5 cm³/mol. The number of amides is 1. The van der Waals surface area contributed by atoms with Crippen LogP contribution in [0.5, 0.6) is 11.6 Å². The first-order valence-corrected chi connectivity index (χ1v) is 6.17. The molecule has 1 aromatic heterocycles. The molecule has 0 atom stereocenters. The number of nitrogens with zero attached hydrogens (tertiary/aromatic N) is 2. The average Bonchev–Trinajstić information content (AvgIpc) is 2.39. The molecule has 0 unspecified atom stereocenters. The monoisotopic (exact) mass is 275 g/mol. The fraction of sp³-hybridized carbons (Fsp3) is 0.154. The molecule has 0 saturated carbocycles. The number of benzene rings is 1. The molecule has 0 aliphatic carbocycles. The van der Waals surface area contributed by atoms with Gasteiger partial charge in [-0.1, -0.05) is 11.6 Å². The third-order valence-corrected chi connectivity index (χ3v) is 3.01. The van der Waals surface area contributed by atoms with Crippen LogP contribution in [0.25, 0.3) is 0 Å². The molecule has 2 aromatic rings. The highest BCUT2D eigenvalue weighted by Gasteiger charge is 2.15. The molecule has 1 aliphatic heterocycles. The minimum absolute atomic E-state index is 0.0451. The van der Waals surface area contributed by atoms with Gasteiger partial charge in [0.1, 0.15) is 17.2 Å². The number of rotatable bonds is 2. The van der Waals surface area contributed by atoms with Gasteiger partial charge in [0.15, 0.2) is 0 Å². The van der Waals surface area contributed by atoms with Crippen LogP contribution in [0, 0.1) is 0 Å². The fourth-order valence-electron chi connectivity index (χ4n) is 1.92. The Bertz CT molecular complexity index is 646. The Morgan fingerprint density at radius 3 is 2.95 bits per heavy atom. The number of carbonyl (C=O) groups excluding carboxylic acids is 1. The normalized spacial score (nSPS) is 13.6. The minimum atomic E-state index is 0.0451. The maximum Gasteiger partial charge on any atom is 0.224 e. The van der Waals surface area contributed by atoms with Crippen molar-refractivity contribution in [3.05, 3.63) is 41.3 Å². The third-order valence-electron chi connectivity index (χ3n) is 2.80. The molecular weight excluding hydrogens is 266 g/mol. The Morgan fingerprint density at radius 2 is 2.11 bits per heavy atom. The third kappa shape index (κ3) is 2.66. The van der Waals surface area contributed by atoms with Crippen LogP contribution in [0.2, 0.25) is 5.15 Å². The first kappa shape index (κ1) is 11.9. The van der Waals surface area contributed by atoms with Crippen molar-refractivity contribution in [2.75, 3.05) is 5.32 Å². The van der Waals surface area contributed by atoms with Crippen molar-refractivity contribution in [3.8, 4) is 11.6 Å². The summed E-state index contributed by atoms with van der Waals surface area (Å²) in [5.74, 6) is 1.09. The first-order valence-electron chi connectivity index (χ1n) is 5.79. The van der Waals surface area contributed by atoms with Gasteiger partial charge in [-0.2, -0.15) is 0 Å². The molecular formula is C13H10ClN3O2. The van der Waals surface area contributed by atoms with Crippen molar-refractivity contribution in [2.45, 2.75) is 12.8 Å². The fourth-order valence-corrected chi connectivity index (χ4v) is 2.05. The second kappa shape index (κ2) is 4.85. The Labute approximate surface area is 114 Å². The summed E-state index contributed by atoms with van der Waals surface area (Å²) < 4.78 is 5.60. The summed E-state index contributed by atoms with van der Waals surface area (Å²) in [7, 11) is 0. The Balaban J connectivity index is 1.85. The van der Waals surface area contributed by atoms with Crippen LogP contribution in [0.1, 0.15) is 12.0 Å². The number of carbonyl (C=O) groups is 1. The molecule has 1 aliphatic rings. The molecule has 3 rings (SSSR count). The van der Waals surface area contributed by atoms with Crippen LogP contribution in [-0.4, -0.2) is 15.9 Å². The lowest BCUT2D eigenvalue weighted by Crippen LogP contribution is -2.18. The standard InChI is InChI=1S/C13H10ClN3O2/c14-11-6-13(16-7-15-11)19-9-2-3-10-8(5-9)1-4-12(18)17-10/h2-3,5-7H,1,4H2,(H,17,18). The van der Waals surface area contributed by atoms with E-state index >= 15 is 0 Å². The zero-order valence-electron chi connectivity index (χ0n) is 9.89. The van der Waals surface area contributed by atoms with Crippen molar-refractivity contribution in [1.29, 1.82) is 0 Å². The summed E-state index contributed by atoms with van der Waals surface area (Å²) in [5, 5.41) is 3.15. The molecule has 96 valence electrons. The van der Waals surface area contributed by atoms with Crippen LogP contribution in [0.4, 0.5) is 5.69 Å². The molecule has 0 bridgehead atoms. The maximum atomic E-state index is 11.3. The summed E-state index contributed by atoms with van der Waals surface area (Å²) in [4.78, 5) is 19.0. The van der Waals surface area contributed by atoms with E-state index in [2.05, 4.69) is 15.3 Å². The highest BCUT2D eigenvalue weighted by molar-refractivity contribution is 6.29. The van der Waals surface area contributed by atoms with E-state index in [1.165, 1.54) is 6.33 Å². The molecule has 19 heavy (non-hydrogen) atoms. The molecule has 5 nitrogen and oxygen atoms in total. The van der Waals surface area contributed by atoms with E-state index in [4.69, 9.17) is 16.3 Å². The lowest BCUT2D eigenvalue weighted by molar-refractivity contribution is -0.116. The highest BCUT2D eigenvalue weighted by atomic mass is 35.5. The number of ether oxygens (including phenoxy) is 1. The van der Waals surface area contributed by atoms with Crippen LogP contribution in [0.3, 0.4) is 0 Å². The Kier molecular flexibility index (Phi) is 3.05. The SMILES string of the molecule is O=C1CCc2cc(Oc3cc(Cl)ncn3)ccc2N1. The molecule has 0 saturated heterocycles. The van der Waals surface area contributed by atoms with E-state index in [-0.39, 0.29) is 5.91 Å². The van der Waals surface area contributed by atoms with Crippen molar-refractivity contribution in [3.63, 3.8) is 0 Å². The number of halogens is 1. The highest BCUT2D eigenvalue weighted by Crippen LogP contribution is 2.29. The molecule has 0 radical (unpaired) electrons. The summed E-state index contributed by atoms with van der Waals surface area (Å²) in [5.41, 5.74) is 1.89. The van der Waals surface area contributed by atoms with Gasteiger partial charge in [0.25, 0.3) is 0 Å². The summed E-state index contributed by atoms with van der Waals surface area (Å²) >= 11 is 5.76. The van der Waals surface area contributed by atoms with E-state index < -0.39 is 0 Å². The van der Waals surface area contributed by atoms with Crippen molar-refractivity contribution >= 4 is 23.2 Å². The summed E-state index contributed by atoms with van der Waals surface area (Å²) in [6.45, 7) is 0. The van der Waals surface area contributed by atoms with E-state index in [1.54, 1.807) is 12.1 Å². The molecule has 0 fully saturated rings. The van der Waals surface area contributed by atoms with Crippen LogP contribution in [0.15, 0.2) is 30.6 Å². The van der Waals surface area contributed by atoms with Crippen LogP contribution < -0.4 is 10.1 Å². The van der Waals surface area contributed by atoms with E-state index in [0.717, 1.165) is 11.3 Å². The number of aromatic nitrogens is 2. The lowest BCUT2D eigenvalue weighted by atomic mass is 10.0. The van der Waals surface area contributed by atoms with Gasteiger partial charge in [0.2, 0.25) is 11.8 Å². The molecule has 6 heteroatoms. The first-order chi connectivity index (χ1) is 9.20. The number of hydrogen-bond acceptors (Lipinski definition) is 4. The topological polar surface area (TPSA) is 64.1 Å². The van der Waals surface area contributed by atoms with Crippen LogP contribution >= 0.6 is 11.6 Å². The Morgan fingerprint density at radius 1 is 1.21 bits per heavy atom. The van der Waals surface area contributed by atoms with E-state index in [1.807, 2.05) is 12.1 Å². The zero-order chi connectivity index (χ0) is 13.2. The van der Waals surface area contributed by atoms with Gasteiger partial charge in [-0.05, 0) is 30.2 Å². The smallest absolute Gasteiger partial charge is 0.224 e. The summed E-state index contributed by atoms with van der Waals surface area (Å²) in [6, 6.07) is 7.04. The number of hydrogen-bond donors (Lipinski definition) is 1. The number of anilines is 1. The van der Waals surface area contributed by atoms with Crippen molar-refractivity contribution in [1.82, 2.24) is 9.97 Å². The van der Waals surface area contributed by atoms with E-state index in [0.29, 0.717) is 29.6 Å². The average molecular weight is 276 g/mol.